The van der Waals surface area contributed by atoms with Crippen LogP contribution in [-0.4, -0.2) is 8.42 Å². The zero-order valence-corrected chi connectivity index (χ0v) is 9.72. The van der Waals surface area contributed by atoms with Gasteiger partial charge in [0, 0.05) is 0 Å². The molecular weight excluding hydrogens is 236 g/mol. The van der Waals surface area contributed by atoms with Gasteiger partial charge in [-0.25, -0.2) is 8.42 Å². The summed E-state index contributed by atoms with van der Waals surface area (Å²) < 4.78 is 24.4. The summed E-state index contributed by atoms with van der Waals surface area (Å²) in [7, 11) is -3.73. The highest BCUT2D eigenvalue weighted by atomic mass is 32.2. The first-order valence-electron chi connectivity index (χ1n) is 5.02. The van der Waals surface area contributed by atoms with Gasteiger partial charge in [0.05, 0.1) is 4.90 Å². The number of rotatable bonds is 2. The van der Waals surface area contributed by atoms with Crippen LogP contribution in [-0.2, 0) is 9.84 Å². The molecule has 86 valence electrons. The van der Waals surface area contributed by atoms with Gasteiger partial charge in [0.25, 0.3) is 0 Å². The maximum atomic E-state index is 12.2. The van der Waals surface area contributed by atoms with Gasteiger partial charge in [-0.1, -0.05) is 36.4 Å². The van der Waals surface area contributed by atoms with E-state index < -0.39 is 15.3 Å². The summed E-state index contributed by atoms with van der Waals surface area (Å²) in [5.74, 6) is 0. The maximum absolute atomic E-state index is 12.2. The molecule has 2 rings (SSSR count). The number of hydrogen-bond acceptors (Lipinski definition) is 3. The van der Waals surface area contributed by atoms with Gasteiger partial charge in [-0.3, -0.25) is 4.79 Å². The first kappa shape index (κ1) is 11.5. The van der Waals surface area contributed by atoms with Crippen molar-refractivity contribution in [3.05, 3.63) is 70.9 Å². The Morgan fingerprint density at radius 1 is 0.706 bits per heavy atom. The van der Waals surface area contributed by atoms with Crippen LogP contribution in [0.5, 0.6) is 0 Å². The topological polar surface area (TPSA) is 51.2 Å². The van der Waals surface area contributed by atoms with Crippen molar-refractivity contribution >= 4 is 9.84 Å². The van der Waals surface area contributed by atoms with Gasteiger partial charge in [-0.05, 0) is 24.3 Å². The summed E-state index contributed by atoms with van der Waals surface area (Å²) in [6.45, 7) is 0. The summed E-state index contributed by atoms with van der Waals surface area (Å²) in [5, 5.41) is 0. The van der Waals surface area contributed by atoms with E-state index in [-0.39, 0.29) is 9.79 Å². The molecule has 0 bridgehead atoms. The van der Waals surface area contributed by atoms with Crippen LogP contribution in [0.15, 0.2) is 75.2 Å². The number of hydrogen-bond donors (Lipinski definition) is 0. The van der Waals surface area contributed by atoms with Crippen LogP contribution >= 0.6 is 0 Å². The molecule has 0 radical (unpaired) electrons. The minimum absolute atomic E-state index is 0.128. The van der Waals surface area contributed by atoms with Crippen molar-refractivity contribution in [2.75, 3.05) is 0 Å². The first-order chi connectivity index (χ1) is 8.12. The lowest BCUT2D eigenvalue weighted by Gasteiger charge is -2.01. The molecule has 4 heteroatoms. The zero-order chi connectivity index (χ0) is 12.3. The molecule has 0 atom stereocenters. The van der Waals surface area contributed by atoms with Crippen molar-refractivity contribution < 1.29 is 8.42 Å². The lowest BCUT2D eigenvalue weighted by Crippen LogP contribution is -2.12. The molecular formula is C13H10O3S. The van der Waals surface area contributed by atoms with Crippen LogP contribution in [0.25, 0.3) is 0 Å². The van der Waals surface area contributed by atoms with E-state index in [1.54, 1.807) is 24.3 Å². The minimum Gasteiger partial charge on any atom is -0.288 e. The third-order valence-corrected chi connectivity index (χ3v) is 4.11. The highest BCUT2D eigenvalue weighted by Crippen LogP contribution is 2.16. The van der Waals surface area contributed by atoms with Gasteiger partial charge >= 0.3 is 0 Å². The standard InChI is InChI=1S/C13H10O3S/c14-12-9-5-2-6-10-13(12)17(15,16)11-7-3-1-4-8-11/h1-10H. The van der Waals surface area contributed by atoms with Gasteiger partial charge in [-0.15, -0.1) is 0 Å². The van der Waals surface area contributed by atoms with Crippen LogP contribution in [0, 0.1) is 0 Å². The second kappa shape index (κ2) is 4.51. The lowest BCUT2D eigenvalue weighted by molar-refractivity contribution is 0.595. The highest BCUT2D eigenvalue weighted by molar-refractivity contribution is 7.91. The van der Waals surface area contributed by atoms with E-state index in [0.29, 0.717) is 0 Å². The van der Waals surface area contributed by atoms with E-state index >= 15 is 0 Å². The Labute approximate surface area is 99.3 Å². The maximum Gasteiger partial charge on any atom is 0.210 e. The minimum atomic E-state index is -3.73. The Morgan fingerprint density at radius 3 is 1.88 bits per heavy atom. The molecule has 0 aromatic heterocycles. The first-order valence-corrected chi connectivity index (χ1v) is 6.50. The number of benzene rings is 1. The highest BCUT2D eigenvalue weighted by Gasteiger charge is 2.19. The third-order valence-electron chi connectivity index (χ3n) is 2.30. The Hall–Kier alpha value is -1.94. The van der Waals surface area contributed by atoms with E-state index in [4.69, 9.17) is 0 Å². The summed E-state index contributed by atoms with van der Waals surface area (Å²) in [6, 6.07) is 15.2. The Balaban J connectivity index is 2.71. The molecule has 0 amide bonds. The van der Waals surface area contributed by atoms with Gasteiger partial charge in [0.1, 0.15) is 4.90 Å². The molecule has 0 heterocycles. The van der Waals surface area contributed by atoms with Crippen molar-refractivity contribution in [3.63, 3.8) is 0 Å². The summed E-state index contributed by atoms with van der Waals surface area (Å²) in [5.41, 5.74) is -0.501. The fourth-order valence-electron chi connectivity index (χ4n) is 1.46. The molecule has 0 unspecified atom stereocenters. The zero-order valence-electron chi connectivity index (χ0n) is 8.91. The molecule has 17 heavy (non-hydrogen) atoms. The average molecular weight is 246 g/mol. The quantitative estimate of drug-likeness (QED) is 0.813. The fraction of sp³-hybridized carbons (Fsp3) is 0. The second-order valence-electron chi connectivity index (χ2n) is 3.46. The molecule has 0 N–H and O–H groups in total. The Morgan fingerprint density at radius 2 is 1.24 bits per heavy atom. The molecule has 2 aromatic carbocycles. The molecule has 0 saturated carbocycles. The molecule has 3 nitrogen and oxygen atoms in total. The van der Waals surface area contributed by atoms with Gasteiger partial charge in [0.15, 0.2) is 5.43 Å². The van der Waals surface area contributed by atoms with Crippen LogP contribution in [0.4, 0.5) is 0 Å². The fourth-order valence-corrected chi connectivity index (χ4v) is 2.82. The molecule has 2 aromatic rings. The molecule has 0 spiro atoms. The predicted molar refractivity (Wildman–Crippen MR) is 64.6 cm³/mol. The van der Waals surface area contributed by atoms with Gasteiger partial charge < -0.3 is 0 Å². The Kier molecular flexibility index (Phi) is 3.06. The van der Waals surface area contributed by atoms with E-state index in [1.807, 2.05) is 0 Å². The summed E-state index contributed by atoms with van der Waals surface area (Å²) >= 11 is 0. The van der Waals surface area contributed by atoms with Crippen molar-refractivity contribution in [1.82, 2.24) is 0 Å². The van der Waals surface area contributed by atoms with Crippen LogP contribution in [0.2, 0.25) is 0 Å². The molecule has 0 saturated heterocycles. The molecule has 0 aliphatic rings. The van der Waals surface area contributed by atoms with Crippen LogP contribution in [0.3, 0.4) is 0 Å². The largest absolute Gasteiger partial charge is 0.288 e. The van der Waals surface area contributed by atoms with E-state index in [0.717, 1.165) is 0 Å². The molecule has 0 aliphatic carbocycles. The van der Waals surface area contributed by atoms with Crippen molar-refractivity contribution in [2.24, 2.45) is 0 Å². The Bertz CT molecular complexity index is 676. The predicted octanol–water partition coefficient (Wildman–Crippen LogP) is 1.88. The van der Waals surface area contributed by atoms with Crippen molar-refractivity contribution in [3.8, 4) is 0 Å². The van der Waals surface area contributed by atoms with E-state index in [1.165, 1.54) is 36.4 Å². The van der Waals surface area contributed by atoms with Gasteiger partial charge in [-0.2, -0.15) is 0 Å². The monoisotopic (exact) mass is 246 g/mol. The molecule has 0 aliphatic heterocycles. The van der Waals surface area contributed by atoms with E-state index in [2.05, 4.69) is 0 Å². The lowest BCUT2D eigenvalue weighted by atomic mass is 10.4. The average Bonchev–Trinajstić information content (AvgIpc) is 2.55. The van der Waals surface area contributed by atoms with Crippen molar-refractivity contribution in [1.29, 1.82) is 0 Å². The SMILES string of the molecule is O=c1cccccc1S(=O)(=O)c1ccccc1. The summed E-state index contributed by atoms with van der Waals surface area (Å²) in [6.07, 6.45) is 0. The smallest absolute Gasteiger partial charge is 0.210 e. The van der Waals surface area contributed by atoms with E-state index in [9.17, 15) is 13.2 Å². The van der Waals surface area contributed by atoms with Crippen LogP contribution < -0.4 is 5.43 Å². The number of sulfone groups is 1. The van der Waals surface area contributed by atoms with Crippen LogP contribution in [0.1, 0.15) is 0 Å². The summed E-state index contributed by atoms with van der Waals surface area (Å²) in [4.78, 5) is 11.6. The second-order valence-corrected chi connectivity index (χ2v) is 5.37. The van der Waals surface area contributed by atoms with Crippen molar-refractivity contribution in [2.45, 2.75) is 9.79 Å². The normalized spacial score (nSPS) is 11.1. The van der Waals surface area contributed by atoms with Gasteiger partial charge in [0.2, 0.25) is 9.84 Å². The molecule has 0 fully saturated rings. The third kappa shape index (κ3) is 2.26.